The molecule has 0 radical (unpaired) electrons. The fourth-order valence-corrected chi connectivity index (χ4v) is 3.69. The zero-order valence-corrected chi connectivity index (χ0v) is 14.6. The predicted molar refractivity (Wildman–Crippen MR) is 86.9 cm³/mol. The third-order valence-electron chi connectivity index (χ3n) is 2.15. The number of nitrogens with zero attached hydrogens (tertiary/aromatic N) is 1. The van der Waals surface area contributed by atoms with Gasteiger partial charge in [0, 0.05) is 14.2 Å². The molecule has 0 atom stereocenters. The van der Waals surface area contributed by atoms with Crippen LogP contribution in [0.5, 0.6) is 0 Å². The van der Waals surface area contributed by atoms with E-state index in [1.54, 1.807) is 24.4 Å². The third-order valence-corrected chi connectivity index (χ3v) is 5.12. The maximum Gasteiger partial charge on any atom is 0.264 e. The fraction of sp³-hybridized carbons (Fsp3) is 0. The molecule has 2 aromatic rings. The van der Waals surface area contributed by atoms with Crippen molar-refractivity contribution < 1.29 is 8.42 Å². The molecule has 0 aliphatic carbocycles. The molecule has 0 aliphatic rings. The number of benzene rings is 1. The molecule has 1 N–H and O–H groups in total. The molecule has 19 heavy (non-hydrogen) atoms. The molecule has 1 aromatic heterocycles. The van der Waals surface area contributed by atoms with E-state index in [4.69, 9.17) is 11.6 Å². The van der Waals surface area contributed by atoms with Gasteiger partial charge in [0.1, 0.15) is 10.7 Å². The van der Waals surface area contributed by atoms with E-state index < -0.39 is 10.0 Å². The summed E-state index contributed by atoms with van der Waals surface area (Å²) in [7, 11) is -3.74. The highest BCUT2D eigenvalue weighted by Crippen LogP contribution is 2.26. The normalized spacial score (nSPS) is 11.3. The number of rotatable bonds is 3. The first-order valence-electron chi connectivity index (χ1n) is 4.98. The third kappa shape index (κ3) is 3.80. The van der Waals surface area contributed by atoms with Crippen LogP contribution in [0.1, 0.15) is 0 Å². The van der Waals surface area contributed by atoms with Gasteiger partial charge in [-0.15, -0.1) is 0 Å². The van der Waals surface area contributed by atoms with Crippen molar-refractivity contribution in [2.45, 2.75) is 4.90 Å². The summed E-state index contributed by atoms with van der Waals surface area (Å²) in [6.07, 6.45) is 1.57. The van der Waals surface area contributed by atoms with Crippen LogP contribution in [-0.2, 0) is 10.0 Å². The minimum Gasteiger partial charge on any atom is -0.263 e. The summed E-state index contributed by atoms with van der Waals surface area (Å²) in [6, 6.07) is 7.92. The van der Waals surface area contributed by atoms with Crippen LogP contribution in [0, 0.1) is 3.57 Å². The van der Waals surface area contributed by atoms with Gasteiger partial charge in [-0.05, 0) is 52.9 Å². The van der Waals surface area contributed by atoms with Crippen LogP contribution in [0.15, 0.2) is 45.9 Å². The first-order valence-corrected chi connectivity index (χ1v) is 8.71. The van der Waals surface area contributed by atoms with Gasteiger partial charge in [-0.1, -0.05) is 27.5 Å². The summed E-state index contributed by atoms with van der Waals surface area (Å²) in [5.41, 5.74) is 0. The van der Waals surface area contributed by atoms with E-state index in [2.05, 4.69) is 48.2 Å². The Kier molecular flexibility index (Phi) is 4.70. The van der Waals surface area contributed by atoms with Crippen molar-refractivity contribution in [2.24, 2.45) is 0 Å². The van der Waals surface area contributed by atoms with Gasteiger partial charge in [0.05, 0.1) is 5.02 Å². The first kappa shape index (κ1) is 15.0. The summed E-state index contributed by atoms with van der Waals surface area (Å²) in [5.74, 6) is 0.249. The Morgan fingerprint density at radius 2 is 2.00 bits per heavy atom. The molecule has 0 spiro atoms. The van der Waals surface area contributed by atoms with Gasteiger partial charge in [0.25, 0.3) is 10.0 Å². The van der Waals surface area contributed by atoms with E-state index in [-0.39, 0.29) is 15.7 Å². The molecule has 0 bridgehead atoms. The first-order chi connectivity index (χ1) is 8.88. The summed E-state index contributed by atoms with van der Waals surface area (Å²) < 4.78 is 28.3. The zero-order chi connectivity index (χ0) is 14.0. The Labute approximate surface area is 137 Å². The van der Waals surface area contributed by atoms with Crippen LogP contribution < -0.4 is 4.72 Å². The number of anilines is 1. The van der Waals surface area contributed by atoms with Gasteiger partial charge in [0.15, 0.2) is 0 Å². The number of aromatic nitrogens is 1. The van der Waals surface area contributed by atoms with E-state index in [1.165, 1.54) is 12.1 Å². The predicted octanol–water partition coefficient (Wildman–Crippen LogP) is 3.90. The highest BCUT2D eigenvalue weighted by atomic mass is 127. The fourth-order valence-electron chi connectivity index (χ4n) is 1.32. The second kappa shape index (κ2) is 5.94. The number of hydrogen-bond acceptors (Lipinski definition) is 3. The van der Waals surface area contributed by atoms with Gasteiger partial charge < -0.3 is 0 Å². The molecule has 2 rings (SSSR count). The average molecular weight is 474 g/mol. The Hall–Kier alpha value is -0.380. The van der Waals surface area contributed by atoms with Crippen LogP contribution in [0.4, 0.5) is 5.82 Å². The molecule has 0 aliphatic heterocycles. The smallest absolute Gasteiger partial charge is 0.263 e. The van der Waals surface area contributed by atoms with E-state index in [9.17, 15) is 8.42 Å². The molecule has 1 heterocycles. The number of halogens is 3. The van der Waals surface area contributed by atoms with Crippen molar-refractivity contribution in [3.8, 4) is 0 Å². The van der Waals surface area contributed by atoms with E-state index in [0.29, 0.717) is 4.47 Å². The standard InChI is InChI=1S/C11H7BrClIN2O2S/c12-7-1-3-10(9(13)5-7)19(17,18)16-11-4-2-8(14)6-15-11/h1-6H,(H,15,16). The second-order valence-electron chi connectivity index (χ2n) is 3.54. The van der Waals surface area contributed by atoms with Gasteiger partial charge in [0.2, 0.25) is 0 Å². The zero-order valence-electron chi connectivity index (χ0n) is 9.27. The lowest BCUT2D eigenvalue weighted by Crippen LogP contribution is -2.14. The van der Waals surface area contributed by atoms with Crippen LogP contribution >= 0.6 is 50.1 Å². The van der Waals surface area contributed by atoms with Gasteiger partial charge >= 0.3 is 0 Å². The topological polar surface area (TPSA) is 59.1 Å². The number of pyridine rings is 1. The van der Waals surface area contributed by atoms with E-state index in [1.807, 2.05) is 0 Å². The molecule has 1 aromatic carbocycles. The van der Waals surface area contributed by atoms with Crippen molar-refractivity contribution in [2.75, 3.05) is 4.72 Å². The molecule has 8 heteroatoms. The summed E-state index contributed by atoms with van der Waals surface area (Å²) in [5, 5.41) is 0.146. The summed E-state index contributed by atoms with van der Waals surface area (Å²) in [6.45, 7) is 0. The monoisotopic (exact) mass is 472 g/mol. The van der Waals surface area contributed by atoms with Crippen LogP contribution in [0.3, 0.4) is 0 Å². The van der Waals surface area contributed by atoms with Crippen molar-refractivity contribution in [1.29, 1.82) is 0 Å². The van der Waals surface area contributed by atoms with Crippen molar-refractivity contribution >= 4 is 66.0 Å². The van der Waals surface area contributed by atoms with Crippen molar-refractivity contribution in [1.82, 2.24) is 4.98 Å². The van der Waals surface area contributed by atoms with Crippen molar-refractivity contribution in [3.05, 3.63) is 49.6 Å². The Morgan fingerprint density at radius 3 is 2.58 bits per heavy atom. The van der Waals surface area contributed by atoms with Gasteiger partial charge in [-0.2, -0.15) is 0 Å². The molecule has 0 saturated carbocycles. The lowest BCUT2D eigenvalue weighted by Gasteiger charge is -2.09. The van der Waals surface area contributed by atoms with Crippen LogP contribution in [0.25, 0.3) is 0 Å². The summed E-state index contributed by atoms with van der Waals surface area (Å²) in [4.78, 5) is 4.00. The lowest BCUT2D eigenvalue weighted by molar-refractivity contribution is 0.601. The number of hydrogen-bond donors (Lipinski definition) is 1. The number of sulfonamides is 1. The van der Waals surface area contributed by atoms with Crippen molar-refractivity contribution in [3.63, 3.8) is 0 Å². The quantitative estimate of drug-likeness (QED) is 0.688. The molecule has 0 amide bonds. The van der Waals surface area contributed by atoms with Crippen LogP contribution in [-0.4, -0.2) is 13.4 Å². The molecule has 4 nitrogen and oxygen atoms in total. The molecule has 0 fully saturated rings. The van der Waals surface area contributed by atoms with E-state index in [0.717, 1.165) is 3.57 Å². The molecular weight excluding hydrogens is 466 g/mol. The molecule has 0 saturated heterocycles. The van der Waals surface area contributed by atoms with Gasteiger partial charge in [-0.3, -0.25) is 4.72 Å². The van der Waals surface area contributed by atoms with E-state index >= 15 is 0 Å². The molecular formula is C11H7BrClIN2O2S. The summed E-state index contributed by atoms with van der Waals surface area (Å²) >= 11 is 11.2. The van der Waals surface area contributed by atoms with Crippen LogP contribution in [0.2, 0.25) is 5.02 Å². The minimum atomic E-state index is -3.74. The highest BCUT2D eigenvalue weighted by Gasteiger charge is 2.18. The Morgan fingerprint density at radius 1 is 1.26 bits per heavy atom. The largest absolute Gasteiger partial charge is 0.264 e. The second-order valence-corrected chi connectivity index (χ2v) is 7.76. The molecule has 0 unspecified atom stereocenters. The highest BCUT2D eigenvalue weighted by molar-refractivity contribution is 14.1. The maximum atomic E-state index is 12.2. The SMILES string of the molecule is O=S(=O)(Nc1ccc(I)cn1)c1ccc(Br)cc1Cl. The number of nitrogens with one attached hydrogen (secondary N) is 1. The Bertz CT molecular complexity index is 707. The lowest BCUT2D eigenvalue weighted by atomic mass is 10.4. The maximum absolute atomic E-state index is 12.2. The molecule has 100 valence electrons. The minimum absolute atomic E-state index is 0.0118. The van der Waals surface area contributed by atoms with Gasteiger partial charge in [-0.25, -0.2) is 13.4 Å². The average Bonchev–Trinajstić information content (AvgIpc) is 2.31. The Balaban J connectivity index is 2.35.